The zero-order valence-electron chi connectivity index (χ0n) is 57.5. The van der Waals surface area contributed by atoms with Crippen LogP contribution in [-0.2, 0) is 6.54 Å². The van der Waals surface area contributed by atoms with E-state index in [1.165, 1.54) is 75.1 Å². The fourth-order valence-corrected chi connectivity index (χ4v) is 18.5. The van der Waals surface area contributed by atoms with Crippen molar-refractivity contribution in [1.29, 1.82) is 0 Å². The largest absolute Gasteiger partial charge is 0.396 e. The number of nitrogens with zero attached hydrogens (tertiary/aromatic N) is 18. The van der Waals surface area contributed by atoms with Gasteiger partial charge in [0.05, 0.1) is 76.1 Å². The van der Waals surface area contributed by atoms with Gasteiger partial charge >= 0.3 is 0 Å². The number of nitrogens with two attached hydrogens (primary N) is 1. The second-order valence-electron chi connectivity index (χ2n) is 29.6. The molecule has 19 nitrogen and oxygen atoms in total. The Balaban J connectivity index is 0.667. The molecule has 7 saturated heterocycles. The quantitative estimate of drug-likeness (QED) is 0.117. The van der Waals surface area contributed by atoms with Crippen LogP contribution in [0.15, 0.2) is 110 Å². The lowest BCUT2D eigenvalue weighted by Gasteiger charge is -2.39. The lowest BCUT2D eigenvalue weighted by molar-refractivity contribution is 0.109. The van der Waals surface area contributed by atoms with E-state index < -0.39 is 0 Å². The second kappa shape index (κ2) is 25.8. The highest BCUT2D eigenvalue weighted by molar-refractivity contribution is 5.70. The number of anilines is 4. The van der Waals surface area contributed by atoms with Gasteiger partial charge in [-0.2, -0.15) is 0 Å². The first-order valence-electron chi connectivity index (χ1n) is 35.9. The zero-order chi connectivity index (χ0) is 64.8. The fraction of sp³-hybridized carbons (Fsp3) is 0.526. The van der Waals surface area contributed by atoms with Crippen LogP contribution in [0.3, 0.4) is 0 Å². The van der Waals surface area contributed by atoms with Crippen LogP contribution in [-0.4, -0.2) is 185 Å². The van der Waals surface area contributed by atoms with Gasteiger partial charge in [-0.3, -0.25) is 52.7 Å². The first kappa shape index (κ1) is 62.3. The zero-order valence-corrected chi connectivity index (χ0v) is 57.5. The van der Waals surface area contributed by atoms with E-state index in [-0.39, 0.29) is 36.3 Å². The monoisotopic (exact) mass is 1280 g/mol. The van der Waals surface area contributed by atoms with Gasteiger partial charge in [0.15, 0.2) is 5.65 Å². The Labute approximate surface area is 561 Å². The number of nitrogen functional groups attached to an aromatic ring is 1. The predicted molar refractivity (Wildman–Crippen MR) is 380 cm³/mol. The number of hydrogen-bond donors (Lipinski definition) is 1. The minimum atomic E-state index is 0.179. The summed E-state index contributed by atoms with van der Waals surface area (Å²) in [5.74, 6) is 4.06. The summed E-state index contributed by atoms with van der Waals surface area (Å²) in [4.78, 5) is 55.0. The van der Waals surface area contributed by atoms with E-state index in [9.17, 15) is 0 Å². The maximum absolute atomic E-state index is 6.76. The Morgan fingerprint density at radius 1 is 0.463 bits per heavy atom. The van der Waals surface area contributed by atoms with Gasteiger partial charge in [-0.05, 0) is 198 Å². The highest BCUT2D eigenvalue weighted by atomic mass is 15.4. The Kier molecular flexibility index (Phi) is 16.9. The molecule has 0 spiro atoms. The molecule has 0 amide bonds. The molecule has 0 aliphatic carbocycles. The van der Waals surface area contributed by atoms with Crippen LogP contribution in [0.1, 0.15) is 181 Å². The molecule has 95 heavy (non-hydrogen) atoms. The van der Waals surface area contributed by atoms with Gasteiger partial charge in [0, 0.05) is 133 Å². The van der Waals surface area contributed by atoms with Gasteiger partial charge in [-0.25, -0.2) is 15.0 Å². The molecule has 19 heteroatoms. The maximum Gasteiger partial charge on any atom is 0.161 e. The Morgan fingerprint density at radius 2 is 0.916 bits per heavy atom. The number of likely N-dealkylation sites (tertiary alicyclic amines) is 3. The van der Waals surface area contributed by atoms with Gasteiger partial charge in [0.25, 0.3) is 0 Å². The van der Waals surface area contributed by atoms with Crippen molar-refractivity contribution in [3.63, 3.8) is 0 Å². The first-order chi connectivity index (χ1) is 46.3. The molecule has 0 saturated carbocycles. The molecule has 8 atom stereocenters. The number of piperazine rings is 2. The summed E-state index contributed by atoms with van der Waals surface area (Å²) >= 11 is 0. The molecule has 0 bridgehead atoms. The SMILES string of the molecule is Cc1cccnc1[C@@H]1CCC[C@H](c2cn3c(N4CCN(Cc5ccc(N6CCN7CC(c8ccc(N9CCC(N(C)C)CC9)n9cc([C@H]%10CCC[C@@H](c%11ncccc%11C)N%10C)nc89)CC7C6)n6cc([C@H]7CCC[C@@H](c8ncccc8C)N7C)nc56)CC4)ccc(N)c3n2)N1C. The third kappa shape index (κ3) is 11.5. The van der Waals surface area contributed by atoms with Gasteiger partial charge in [0.2, 0.25) is 0 Å². The van der Waals surface area contributed by atoms with E-state index >= 15 is 0 Å². The molecule has 0 aromatic carbocycles. The number of hydrogen-bond acceptors (Lipinski definition) is 16. The normalized spacial score (nSPS) is 25.9. The maximum atomic E-state index is 6.76. The molecule has 498 valence electrons. The molecule has 7 aliphatic heterocycles. The third-order valence-electron chi connectivity index (χ3n) is 23.9. The van der Waals surface area contributed by atoms with Crippen LogP contribution < -0.4 is 20.4 Å². The van der Waals surface area contributed by atoms with Gasteiger partial charge in [0.1, 0.15) is 28.7 Å². The van der Waals surface area contributed by atoms with Crippen LogP contribution in [0.25, 0.3) is 16.9 Å². The lowest BCUT2D eigenvalue weighted by Crippen LogP contribution is -2.50. The molecule has 16 heterocycles. The molecule has 2 unspecified atom stereocenters. The number of piperidine rings is 4. The van der Waals surface area contributed by atoms with Crippen LogP contribution in [0, 0.1) is 20.8 Å². The predicted octanol–water partition coefficient (Wildman–Crippen LogP) is 11.5. The van der Waals surface area contributed by atoms with Crippen molar-refractivity contribution in [1.82, 2.24) is 72.5 Å². The average Bonchev–Trinajstić information content (AvgIpc) is 1.63. The van der Waals surface area contributed by atoms with E-state index in [4.69, 9.17) is 35.6 Å². The van der Waals surface area contributed by atoms with E-state index in [1.807, 2.05) is 24.7 Å². The summed E-state index contributed by atoms with van der Waals surface area (Å²) < 4.78 is 7.27. The number of rotatable bonds is 13. The van der Waals surface area contributed by atoms with Crippen LogP contribution in [0.5, 0.6) is 0 Å². The molecule has 9 aromatic rings. The first-order valence-corrected chi connectivity index (χ1v) is 35.9. The van der Waals surface area contributed by atoms with Crippen molar-refractivity contribution >= 4 is 40.1 Å². The molecule has 9 aromatic heterocycles. The minimum Gasteiger partial charge on any atom is -0.396 e. The van der Waals surface area contributed by atoms with Crippen molar-refractivity contribution in [2.75, 3.05) is 121 Å². The smallest absolute Gasteiger partial charge is 0.161 e. The summed E-state index contributed by atoms with van der Waals surface area (Å²) in [6, 6.07) is 29.2. The number of imidazole rings is 3. The van der Waals surface area contributed by atoms with Crippen molar-refractivity contribution in [3.05, 3.63) is 172 Å². The minimum absolute atomic E-state index is 0.179. The third-order valence-corrected chi connectivity index (χ3v) is 23.9. The molecule has 2 N–H and O–H groups in total. The Morgan fingerprint density at radius 3 is 1.45 bits per heavy atom. The molecule has 7 aliphatic rings. The van der Waals surface area contributed by atoms with Crippen molar-refractivity contribution in [2.45, 2.75) is 159 Å². The van der Waals surface area contributed by atoms with Crippen molar-refractivity contribution < 1.29 is 0 Å². The second-order valence-corrected chi connectivity index (χ2v) is 29.6. The highest BCUT2D eigenvalue weighted by Gasteiger charge is 2.41. The molecular weight excluding hydrogens is 1180 g/mol. The summed E-state index contributed by atoms with van der Waals surface area (Å²) in [5, 5.41) is 0. The van der Waals surface area contributed by atoms with Crippen molar-refractivity contribution in [2.24, 2.45) is 0 Å². The van der Waals surface area contributed by atoms with Crippen LogP contribution >= 0.6 is 0 Å². The summed E-state index contributed by atoms with van der Waals surface area (Å²) in [5.41, 5.74) is 24.0. The van der Waals surface area contributed by atoms with E-state index in [1.54, 1.807) is 0 Å². The number of aryl methyl sites for hydroxylation is 3. The van der Waals surface area contributed by atoms with Gasteiger partial charge in [-0.15, -0.1) is 0 Å². The van der Waals surface area contributed by atoms with Gasteiger partial charge in [-0.1, -0.05) is 30.3 Å². The summed E-state index contributed by atoms with van der Waals surface area (Å²) in [6.45, 7) is 17.2. The lowest BCUT2D eigenvalue weighted by atomic mass is 9.91. The van der Waals surface area contributed by atoms with E-state index in [0.29, 0.717) is 23.7 Å². The molecule has 0 radical (unpaired) electrons. The standard InChI is InChI=1S/C76H99N19/c1-50-15-12-32-78-71(50)65-21-9-18-62(85(65)6)59-47-93-70(27-24-53(74(93)81-59)44-88-37-39-90(40-38-88)69-29-26-58(77)76-83-61(49-95(69)76)64-20-11-23-67(87(64)8)73-52(3)17-14-34-80-73)92-42-41-91-45-54(43-56(91)46-92)57-25-28-68(89-35-30-55(31-36-89)84(4)5)94-48-60(82-75(57)94)63-19-10-22-66(86(63)7)72-51(2)16-13-33-79-72/h12-17,24-29,32-34,47-49,54-56,62-67H,9-11,18-23,30-31,35-46,77H2,1-8H3/t54?,56?,62-,63-,64-,65+,66+,67+/m1/s1. The molecular formula is C76H99N19. The van der Waals surface area contributed by atoms with Gasteiger partial charge < -0.3 is 25.3 Å². The van der Waals surface area contributed by atoms with Crippen molar-refractivity contribution in [3.8, 4) is 0 Å². The number of aromatic nitrogens is 9. The average molecular weight is 1280 g/mol. The van der Waals surface area contributed by atoms with E-state index in [0.717, 1.165) is 170 Å². The topological polar surface area (TPSA) is 146 Å². The van der Waals surface area contributed by atoms with Crippen LogP contribution in [0.2, 0.25) is 0 Å². The molecule has 7 fully saturated rings. The Hall–Kier alpha value is -7.52. The summed E-state index contributed by atoms with van der Waals surface area (Å²) in [7, 11) is 11.4. The Bertz CT molecular complexity index is 4230. The fourth-order valence-electron chi connectivity index (χ4n) is 18.5. The highest BCUT2D eigenvalue weighted by Crippen LogP contribution is 2.46. The summed E-state index contributed by atoms with van der Waals surface area (Å²) in [6.07, 6.45) is 26.4. The van der Waals surface area contributed by atoms with E-state index in [2.05, 4.69) is 199 Å². The van der Waals surface area contributed by atoms with Crippen LogP contribution in [0.4, 0.5) is 23.1 Å². The number of fused-ring (bicyclic) bond motifs is 4. The molecule has 16 rings (SSSR count). The number of pyridine rings is 6.